The van der Waals surface area contributed by atoms with Crippen molar-refractivity contribution in [1.29, 1.82) is 0 Å². The molecule has 2 unspecified atom stereocenters. The molecule has 0 amide bonds. The summed E-state index contributed by atoms with van der Waals surface area (Å²) in [4.78, 5) is 2.38. The van der Waals surface area contributed by atoms with Gasteiger partial charge in [-0.25, -0.2) is 0 Å². The van der Waals surface area contributed by atoms with Crippen LogP contribution in [0.3, 0.4) is 0 Å². The molecule has 2 N–H and O–H groups in total. The second-order valence-electron chi connectivity index (χ2n) is 5.42. The van der Waals surface area contributed by atoms with Gasteiger partial charge in [0.2, 0.25) is 0 Å². The van der Waals surface area contributed by atoms with Crippen LogP contribution in [0.4, 0.5) is 0 Å². The lowest BCUT2D eigenvalue weighted by Gasteiger charge is -2.24. The maximum atomic E-state index is 9.12. The summed E-state index contributed by atoms with van der Waals surface area (Å²) in [6, 6.07) is 1.28. The molecule has 1 fully saturated rings. The van der Waals surface area contributed by atoms with Crippen LogP contribution in [-0.2, 0) is 0 Å². The third-order valence-electron chi connectivity index (χ3n) is 3.18. The number of aliphatic hydroxyl groups is 1. The molecule has 0 aromatic carbocycles. The summed E-state index contributed by atoms with van der Waals surface area (Å²) < 4.78 is 0. The van der Waals surface area contributed by atoms with E-state index in [-0.39, 0.29) is 12.0 Å². The average molecular weight is 200 g/mol. The minimum absolute atomic E-state index is 0.00436. The molecular weight excluding hydrogens is 176 g/mol. The van der Waals surface area contributed by atoms with E-state index in [0.717, 1.165) is 13.1 Å². The number of nitrogens with one attached hydrogen (secondary N) is 1. The summed E-state index contributed by atoms with van der Waals surface area (Å²) in [5, 5.41) is 12.7. The minimum atomic E-state index is 0.00436. The van der Waals surface area contributed by atoms with Crippen molar-refractivity contribution < 1.29 is 5.11 Å². The van der Waals surface area contributed by atoms with E-state index in [1.54, 1.807) is 0 Å². The lowest BCUT2D eigenvalue weighted by molar-refractivity contribution is 0.153. The van der Waals surface area contributed by atoms with E-state index in [4.69, 9.17) is 5.11 Å². The first-order valence-electron chi connectivity index (χ1n) is 5.49. The highest BCUT2D eigenvalue weighted by molar-refractivity contribution is 4.86. The van der Waals surface area contributed by atoms with Gasteiger partial charge in [0.1, 0.15) is 0 Å². The van der Waals surface area contributed by atoms with Gasteiger partial charge in [-0.15, -0.1) is 0 Å². The van der Waals surface area contributed by atoms with Crippen LogP contribution in [0.5, 0.6) is 0 Å². The summed E-state index contributed by atoms with van der Waals surface area (Å²) >= 11 is 0. The Labute approximate surface area is 87.5 Å². The number of hydrogen-bond donors (Lipinski definition) is 2. The zero-order valence-electron chi connectivity index (χ0n) is 9.88. The molecule has 1 rings (SSSR count). The van der Waals surface area contributed by atoms with Crippen LogP contribution in [0.15, 0.2) is 0 Å². The van der Waals surface area contributed by atoms with Crippen LogP contribution in [0.1, 0.15) is 27.2 Å². The Morgan fingerprint density at radius 1 is 1.50 bits per heavy atom. The maximum absolute atomic E-state index is 9.12. The van der Waals surface area contributed by atoms with Crippen molar-refractivity contribution in [3.63, 3.8) is 0 Å². The predicted octanol–water partition coefficient (Wildman–Crippen LogP) is 0.687. The van der Waals surface area contributed by atoms with E-state index in [9.17, 15) is 0 Å². The first kappa shape index (κ1) is 12.0. The fraction of sp³-hybridized carbons (Fsp3) is 1.00. The van der Waals surface area contributed by atoms with Crippen LogP contribution >= 0.6 is 0 Å². The molecule has 0 radical (unpaired) electrons. The Morgan fingerprint density at radius 3 is 2.57 bits per heavy atom. The number of rotatable bonds is 4. The molecule has 1 aliphatic heterocycles. The van der Waals surface area contributed by atoms with E-state index in [2.05, 4.69) is 38.0 Å². The highest BCUT2D eigenvalue weighted by Gasteiger charge is 2.27. The fourth-order valence-electron chi connectivity index (χ4n) is 1.82. The average Bonchev–Trinajstić information content (AvgIpc) is 2.44. The zero-order chi connectivity index (χ0) is 10.8. The second kappa shape index (κ2) is 4.60. The Hall–Kier alpha value is -0.120. The second-order valence-corrected chi connectivity index (χ2v) is 5.42. The van der Waals surface area contributed by atoms with Gasteiger partial charge in [-0.05, 0) is 20.4 Å². The van der Waals surface area contributed by atoms with E-state index < -0.39 is 0 Å². The summed E-state index contributed by atoms with van der Waals surface area (Å²) in [6.07, 6.45) is 1.22. The number of aliphatic hydroxyl groups excluding tert-OH is 1. The molecule has 84 valence electrons. The summed E-state index contributed by atoms with van der Waals surface area (Å²) in [6.45, 7) is 8.71. The Morgan fingerprint density at radius 2 is 2.14 bits per heavy atom. The molecule has 0 aliphatic carbocycles. The quantitative estimate of drug-likeness (QED) is 0.701. The molecule has 3 nitrogen and oxygen atoms in total. The Balaban J connectivity index is 2.27. The monoisotopic (exact) mass is 200 g/mol. The molecule has 3 heteroatoms. The fourth-order valence-corrected chi connectivity index (χ4v) is 1.82. The molecule has 0 bridgehead atoms. The molecule has 1 heterocycles. The van der Waals surface area contributed by atoms with Crippen LogP contribution in [0, 0.1) is 5.41 Å². The SMILES string of the molecule is CC1CC(NCC(C)(C)CO)CN1C. The standard InChI is InChI=1S/C11H24N2O/c1-9-5-10(6-13(9)4)12-7-11(2,3)8-14/h9-10,12,14H,5-8H2,1-4H3. The smallest absolute Gasteiger partial charge is 0.0494 e. The zero-order valence-corrected chi connectivity index (χ0v) is 9.88. The summed E-state index contributed by atoms with van der Waals surface area (Å²) in [5.74, 6) is 0. The summed E-state index contributed by atoms with van der Waals surface area (Å²) in [7, 11) is 2.17. The summed E-state index contributed by atoms with van der Waals surface area (Å²) in [5.41, 5.74) is 0.00436. The van der Waals surface area contributed by atoms with Gasteiger partial charge < -0.3 is 15.3 Å². The topological polar surface area (TPSA) is 35.5 Å². The van der Waals surface area contributed by atoms with E-state index in [0.29, 0.717) is 12.1 Å². The van der Waals surface area contributed by atoms with Gasteiger partial charge >= 0.3 is 0 Å². The first-order valence-corrected chi connectivity index (χ1v) is 5.49. The van der Waals surface area contributed by atoms with Gasteiger partial charge in [0.25, 0.3) is 0 Å². The largest absolute Gasteiger partial charge is 0.396 e. The third kappa shape index (κ3) is 3.23. The Kier molecular flexibility index (Phi) is 3.93. The van der Waals surface area contributed by atoms with Crippen molar-refractivity contribution in [2.24, 2.45) is 5.41 Å². The predicted molar refractivity (Wildman–Crippen MR) is 59.4 cm³/mol. The van der Waals surface area contributed by atoms with Crippen LogP contribution in [0.25, 0.3) is 0 Å². The van der Waals surface area contributed by atoms with E-state index >= 15 is 0 Å². The van der Waals surface area contributed by atoms with E-state index in [1.807, 2.05) is 0 Å². The van der Waals surface area contributed by atoms with Gasteiger partial charge in [-0.3, -0.25) is 0 Å². The van der Waals surface area contributed by atoms with Crippen molar-refractivity contribution in [2.75, 3.05) is 26.7 Å². The lowest BCUT2D eigenvalue weighted by atomic mass is 9.94. The van der Waals surface area contributed by atoms with Gasteiger partial charge in [0.05, 0.1) is 0 Å². The molecule has 2 atom stereocenters. The molecule has 1 aliphatic rings. The first-order chi connectivity index (χ1) is 6.44. The number of likely N-dealkylation sites (N-methyl/N-ethyl adjacent to an activating group) is 1. The lowest BCUT2D eigenvalue weighted by Crippen LogP contribution is -2.39. The van der Waals surface area contributed by atoms with Gasteiger partial charge in [0, 0.05) is 37.2 Å². The molecule has 0 aromatic heterocycles. The van der Waals surface area contributed by atoms with Crippen molar-refractivity contribution in [1.82, 2.24) is 10.2 Å². The van der Waals surface area contributed by atoms with Crippen molar-refractivity contribution >= 4 is 0 Å². The maximum Gasteiger partial charge on any atom is 0.0494 e. The Bertz CT molecular complexity index is 172. The number of hydrogen-bond acceptors (Lipinski definition) is 3. The molecule has 0 saturated carbocycles. The molecule has 0 aromatic rings. The highest BCUT2D eigenvalue weighted by atomic mass is 16.3. The van der Waals surface area contributed by atoms with Crippen molar-refractivity contribution in [2.45, 2.75) is 39.3 Å². The minimum Gasteiger partial charge on any atom is -0.396 e. The van der Waals surface area contributed by atoms with Gasteiger partial charge in [-0.2, -0.15) is 0 Å². The third-order valence-corrected chi connectivity index (χ3v) is 3.18. The normalized spacial score (nSPS) is 29.8. The van der Waals surface area contributed by atoms with E-state index in [1.165, 1.54) is 6.42 Å². The highest BCUT2D eigenvalue weighted by Crippen LogP contribution is 2.17. The number of likely N-dealkylation sites (tertiary alicyclic amines) is 1. The van der Waals surface area contributed by atoms with Crippen LogP contribution in [0.2, 0.25) is 0 Å². The molecule has 0 spiro atoms. The number of nitrogens with zero attached hydrogens (tertiary/aromatic N) is 1. The van der Waals surface area contributed by atoms with Crippen LogP contribution < -0.4 is 5.32 Å². The van der Waals surface area contributed by atoms with Gasteiger partial charge in [0.15, 0.2) is 0 Å². The molecule has 1 saturated heterocycles. The molecule has 14 heavy (non-hydrogen) atoms. The van der Waals surface area contributed by atoms with Gasteiger partial charge in [-0.1, -0.05) is 13.8 Å². The van der Waals surface area contributed by atoms with Crippen molar-refractivity contribution in [3.05, 3.63) is 0 Å². The van der Waals surface area contributed by atoms with Crippen molar-refractivity contribution in [3.8, 4) is 0 Å². The molecular formula is C11H24N2O. The van der Waals surface area contributed by atoms with Crippen LogP contribution in [-0.4, -0.2) is 48.8 Å².